The molecule has 2 aromatic carbocycles. The van der Waals surface area contributed by atoms with Crippen molar-refractivity contribution in [2.45, 2.75) is 36.2 Å². The van der Waals surface area contributed by atoms with Crippen LogP contribution in [0.1, 0.15) is 25.8 Å². The van der Waals surface area contributed by atoms with Crippen LogP contribution in [0.15, 0.2) is 53.7 Å². The first-order valence-corrected chi connectivity index (χ1v) is 12.1. The monoisotopic (exact) mass is 467 g/mol. The maximum absolute atomic E-state index is 14.4. The third-order valence-electron chi connectivity index (χ3n) is 5.85. The number of aromatic nitrogens is 3. The second-order valence-corrected chi connectivity index (χ2v) is 9.59. The Morgan fingerprint density at radius 1 is 1.12 bits per heavy atom. The number of carbonyl (C=O) groups is 1. The summed E-state index contributed by atoms with van der Waals surface area (Å²) in [6, 6.07) is 14.7. The number of anilines is 2. The molecule has 3 aromatic rings. The van der Waals surface area contributed by atoms with Gasteiger partial charge in [-0.15, -0.1) is 10.2 Å². The molecule has 1 aliphatic carbocycles. The Hall–Kier alpha value is -2.91. The average molecular weight is 468 g/mol. The van der Waals surface area contributed by atoms with E-state index in [1.54, 1.807) is 18.2 Å². The van der Waals surface area contributed by atoms with Gasteiger partial charge in [0.15, 0.2) is 11.0 Å². The lowest BCUT2D eigenvalue weighted by molar-refractivity contribution is -0.115. The van der Waals surface area contributed by atoms with E-state index in [1.165, 1.54) is 17.8 Å². The zero-order valence-electron chi connectivity index (χ0n) is 18.4. The van der Waals surface area contributed by atoms with Crippen molar-refractivity contribution in [2.75, 3.05) is 36.5 Å². The van der Waals surface area contributed by atoms with Gasteiger partial charge in [0.2, 0.25) is 5.91 Å². The topological polar surface area (TPSA) is 72.3 Å². The number of rotatable bonds is 7. The lowest BCUT2D eigenvalue weighted by Crippen LogP contribution is -2.36. The number of thioether (sulfide) groups is 1. The van der Waals surface area contributed by atoms with Gasteiger partial charge in [-0.2, -0.15) is 0 Å². The van der Waals surface area contributed by atoms with Gasteiger partial charge >= 0.3 is 0 Å². The molecule has 2 aliphatic rings. The number of carbonyl (C=O) groups excluding carboxylic acids is 1. The van der Waals surface area contributed by atoms with Crippen LogP contribution in [0.25, 0.3) is 11.4 Å². The first-order valence-electron chi connectivity index (χ1n) is 11.2. The van der Waals surface area contributed by atoms with Gasteiger partial charge in [0, 0.05) is 30.5 Å². The summed E-state index contributed by atoms with van der Waals surface area (Å²) >= 11 is 1.35. The van der Waals surface area contributed by atoms with Crippen molar-refractivity contribution < 1.29 is 13.9 Å². The van der Waals surface area contributed by atoms with E-state index in [-0.39, 0.29) is 23.0 Å². The molecule has 0 spiro atoms. The maximum Gasteiger partial charge on any atom is 0.237 e. The van der Waals surface area contributed by atoms with E-state index in [0.717, 1.165) is 50.5 Å². The van der Waals surface area contributed by atoms with Gasteiger partial charge in [0.1, 0.15) is 5.82 Å². The van der Waals surface area contributed by atoms with Crippen LogP contribution in [0.5, 0.6) is 0 Å². The Morgan fingerprint density at radius 2 is 1.85 bits per heavy atom. The van der Waals surface area contributed by atoms with Crippen molar-refractivity contribution in [3.8, 4) is 11.4 Å². The molecular weight excluding hydrogens is 441 g/mol. The van der Waals surface area contributed by atoms with E-state index in [1.807, 2.05) is 35.8 Å². The van der Waals surface area contributed by atoms with Crippen LogP contribution >= 0.6 is 11.8 Å². The molecule has 1 aliphatic heterocycles. The highest BCUT2D eigenvalue weighted by Crippen LogP contribution is 2.42. The largest absolute Gasteiger partial charge is 0.378 e. The molecule has 0 bridgehead atoms. The minimum atomic E-state index is -0.390. The van der Waals surface area contributed by atoms with Crippen molar-refractivity contribution >= 4 is 29.0 Å². The fraction of sp³-hybridized carbons (Fsp3) is 0.375. The van der Waals surface area contributed by atoms with Crippen LogP contribution in [0.3, 0.4) is 0 Å². The highest BCUT2D eigenvalue weighted by atomic mass is 32.2. The molecule has 2 fully saturated rings. The minimum Gasteiger partial charge on any atom is -0.378 e. The van der Waals surface area contributed by atoms with Crippen molar-refractivity contribution in [2.24, 2.45) is 0 Å². The molecule has 1 N–H and O–H groups in total. The molecule has 0 radical (unpaired) electrons. The molecule has 1 aromatic heterocycles. The Morgan fingerprint density at radius 3 is 2.55 bits per heavy atom. The minimum absolute atomic E-state index is 0.114. The van der Waals surface area contributed by atoms with E-state index >= 15 is 0 Å². The predicted octanol–water partition coefficient (Wildman–Crippen LogP) is 4.38. The highest BCUT2D eigenvalue weighted by molar-refractivity contribution is 8.00. The number of hydrogen-bond donors (Lipinski definition) is 1. The number of morpholine rings is 1. The lowest BCUT2D eigenvalue weighted by atomic mass is 10.2. The Bertz CT molecular complexity index is 1130. The number of nitrogens with zero attached hydrogens (tertiary/aromatic N) is 4. The van der Waals surface area contributed by atoms with Crippen molar-refractivity contribution in [1.29, 1.82) is 0 Å². The molecule has 7 nitrogen and oxygen atoms in total. The third-order valence-corrected chi connectivity index (χ3v) is 6.91. The Kier molecular flexibility index (Phi) is 6.32. The summed E-state index contributed by atoms with van der Waals surface area (Å²) in [6.45, 7) is 5.05. The van der Waals surface area contributed by atoms with Gasteiger partial charge in [-0.05, 0) is 56.2 Å². The number of ether oxygens (including phenoxy) is 1. The van der Waals surface area contributed by atoms with Crippen LogP contribution in [0.2, 0.25) is 0 Å². The van der Waals surface area contributed by atoms with Gasteiger partial charge in [-0.3, -0.25) is 9.36 Å². The molecule has 1 amide bonds. The maximum atomic E-state index is 14.4. The second kappa shape index (κ2) is 9.52. The molecule has 9 heteroatoms. The Labute approximate surface area is 196 Å². The number of benzene rings is 2. The molecule has 1 saturated carbocycles. The van der Waals surface area contributed by atoms with Crippen LogP contribution in [0, 0.1) is 5.82 Å². The van der Waals surface area contributed by atoms with Gasteiger partial charge in [-0.25, -0.2) is 4.39 Å². The van der Waals surface area contributed by atoms with Gasteiger partial charge in [0.05, 0.1) is 24.0 Å². The average Bonchev–Trinajstić information content (AvgIpc) is 3.60. The van der Waals surface area contributed by atoms with Crippen molar-refractivity contribution in [3.63, 3.8) is 0 Å². The van der Waals surface area contributed by atoms with Crippen molar-refractivity contribution in [3.05, 3.63) is 54.3 Å². The fourth-order valence-electron chi connectivity index (χ4n) is 3.88. The summed E-state index contributed by atoms with van der Waals surface area (Å²) in [5.74, 6) is 0.0796. The summed E-state index contributed by atoms with van der Waals surface area (Å²) in [4.78, 5) is 15.1. The van der Waals surface area contributed by atoms with E-state index in [4.69, 9.17) is 4.74 Å². The lowest BCUT2D eigenvalue weighted by Gasteiger charge is -2.28. The number of amides is 1. The number of nitrogens with one attached hydrogen (secondary N) is 1. The zero-order valence-corrected chi connectivity index (χ0v) is 19.2. The number of halogens is 1. The van der Waals surface area contributed by atoms with E-state index < -0.39 is 0 Å². The van der Waals surface area contributed by atoms with Crippen LogP contribution in [0.4, 0.5) is 15.8 Å². The van der Waals surface area contributed by atoms with E-state index in [9.17, 15) is 9.18 Å². The molecule has 0 unspecified atom stereocenters. The molecular formula is C24H26FN5O2S. The molecule has 1 atom stereocenters. The number of hydrogen-bond acceptors (Lipinski definition) is 6. The molecule has 5 rings (SSSR count). The van der Waals surface area contributed by atoms with E-state index in [2.05, 4.69) is 20.4 Å². The summed E-state index contributed by atoms with van der Waals surface area (Å²) < 4.78 is 21.7. The molecule has 172 valence electrons. The smallest absolute Gasteiger partial charge is 0.237 e. The van der Waals surface area contributed by atoms with Gasteiger partial charge < -0.3 is 15.0 Å². The molecule has 1 saturated heterocycles. The first kappa shape index (κ1) is 21.9. The first-order chi connectivity index (χ1) is 16.1. The van der Waals surface area contributed by atoms with Gasteiger partial charge in [-0.1, -0.05) is 23.9 Å². The zero-order chi connectivity index (χ0) is 22.8. The standard InChI is InChI=1S/C24H26FN5O2S/c1-16(23(31)26-17-6-8-18(9-7-17)29-12-14-32-15-13-29)33-24-28-27-22(30(24)19-10-11-19)20-4-2-3-5-21(20)25/h2-9,16,19H,10-15H2,1H3,(H,26,31)/t16-/m0/s1. The van der Waals surface area contributed by atoms with Crippen molar-refractivity contribution in [1.82, 2.24) is 14.8 Å². The van der Waals surface area contributed by atoms with Crippen LogP contribution in [-0.2, 0) is 9.53 Å². The predicted molar refractivity (Wildman–Crippen MR) is 127 cm³/mol. The molecule has 2 heterocycles. The third kappa shape index (κ3) is 4.89. The normalized spacial score (nSPS) is 17.1. The summed E-state index contributed by atoms with van der Waals surface area (Å²) in [7, 11) is 0. The quantitative estimate of drug-likeness (QED) is 0.520. The summed E-state index contributed by atoms with van der Waals surface area (Å²) in [6.07, 6.45) is 2.01. The van der Waals surface area contributed by atoms with E-state index in [0.29, 0.717) is 16.5 Å². The van der Waals surface area contributed by atoms with Gasteiger partial charge in [0.25, 0.3) is 0 Å². The molecule has 33 heavy (non-hydrogen) atoms. The summed E-state index contributed by atoms with van der Waals surface area (Å²) in [5, 5.41) is 11.8. The van der Waals surface area contributed by atoms with Crippen LogP contribution < -0.4 is 10.2 Å². The highest BCUT2D eigenvalue weighted by Gasteiger charge is 2.32. The Balaban J connectivity index is 1.26. The second-order valence-electron chi connectivity index (χ2n) is 8.28. The van der Waals surface area contributed by atoms with Crippen LogP contribution in [-0.4, -0.2) is 52.2 Å². The fourth-order valence-corrected chi connectivity index (χ4v) is 4.80. The summed E-state index contributed by atoms with van der Waals surface area (Å²) in [5.41, 5.74) is 2.30. The SMILES string of the molecule is C[C@H](Sc1nnc(-c2ccccc2F)n1C1CC1)C(=O)Nc1ccc(N2CCOCC2)cc1.